The number of ether oxygens (including phenoxy) is 1. The third kappa shape index (κ3) is 4.83. The molecule has 0 bridgehead atoms. The number of likely N-dealkylation sites (N-methyl/N-ethyl adjacent to an activating group) is 1. The van der Waals surface area contributed by atoms with Gasteiger partial charge >= 0.3 is 0 Å². The Morgan fingerprint density at radius 3 is 2.75 bits per heavy atom. The van der Waals surface area contributed by atoms with Crippen molar-refractivity contribution in [3.8, 4) is 5.75 Å². The van der Waals surface area contributed by atoms with Gasteiger partial charge < -0.3 is 15.4 Å². The van der Waals surface area contributed by atoms with Gasteiger partial charge in [-0.3, -0.25) is 9.48 Å². The molecule has 2 aromatic rings. The van der Waals surface area contributed by atoms with Gasteiger partial charge in [-0.25, -0.2) is 0 Å². The maximum Gasteiger partial charge on any atom is 0.257 e. The van der Waals surface area contributed by atoms with Crippen molar-refractivity contribution in [1.29, 1.82) is 0 Å². The molecule has 6 nitrogen and oxygen atoms in total. The van der Waals surface area contributed by atoms with Crippen molar-refractivity contribution in [2.24, 2.45) is 0 Å². The smallest absolute Gasteiger partial charge is 0.257 e. The summed E-state index contributed by atoms with van der Waals surface area (Å²) < 4.78 is 7.57. The van der Waals surface area contributed by atoms with E-state index in [0.29, 0.717) is 6.54 Å². The highest BCUT2D eigenvalue weighted by molar-refractivity contribution is 5.77. The number of nitrogens with zero attached hydrogens (tertiary/aromatic N) is 2. The maximum absolute atomic E-state index is 11.3. The van der Waals surface area contributed by atoms with E-state index < -0.39 is 0 Å². The Morgan fingerprint density at radius 2 is 2.08 bits per heavy atom. The molecule has 24 heavy (non-hydrogen) atoms. The molecule has 0 fully saturated rings. The fourth-order valence-corrected chi connectivity index (χ4v) is 2.33. The van der Waals surface area contributed by atoms with Crippen LogP contribution in [0.4, 0.5) is 0 Å². The number of rotatable bonds is 8. The predicted octanol–water partition coefficient (Wildman–Crippen LogP) is 2.06. The zero-order valence-corrected chi connectivity index (χ0v) is 14.7. The summed E-state index contributed by atoms with van der Waals surface area (Å²) in [4.78, 5) is 11.3. The fourth-order valence-electron chi connectivity index (χ4n) is 2.33. The number of nitrogens with one attached hydrogen (secondary N) is 2. The van der Waals surface area contributed by atoms with Gasteiger partial charge in [0.1, 0.15) is 5.75 Å². The SMILES string of the molecule is CNC(=O)COc1ccccc1CN[C@@H](C)[C@H](C)n1cc(C)cn1. The van der Waals surface area contributed by atoms with Gasteiger partial charge in [0.2, 0.25) is 0 Å². The van der Waals surface area contributed by atoms with E-state index >= 15 is 0 Å². The average Bonchev–Trinajstić information content (AvgIpc) is 3.03. The van der Waals surface area contributed by atoms with Crippen LogP contribution in [0.1, 0.15) is 31.0 Å². The van der Waals surface area contributed by atoms with Gasteiger partial charge in [-0.15, -0.1) is 0 Å². The average molecular weight is 330 g/mol. The zero-order chi connectivity index (χ0) is 17.5. The summed E-state index contributed by atoms with van der Waals surface area (Å²) in [6.07, 6.45) is 3.91. The van der Waals surface area contributed by atoms with Crippen molar-refractivity contribution in [3.63, 3.8) is 0 Å². The molecule has 130 valence electrons. The lowest BCUT2D eigenvalue weighted by atomic mass is 10.1. The largest absolute Gasteiger partial charge is 0.483 e. The Morgan fingerprint density at radius 1 is 1.33 bits per heavy atom. The molecule has 0 radical (unpaired) electrons. The molecule has 0 saturated heterocycles. The Kier molecular flexibility index (Phi) is 6.37. The molecule has 1 aromatic carbocycles. The van der Waals surface area contributed by atoms with Crippen LogP contribution < -0.4 is 15.4 Å². The first-order valence-electron chi connectivity index (χ1n) is 8.16. The van der Waals surface area contributed by atoms with Crippen LogP contribution in [0.5, 0.6) is 5.75 Å². The van der Waals surface area contributed by atoms with E-state index in [0.717, 1.165) is 16.9 Å². The highest BCUT2D eigenvalue weighted by Crippen LogP contribution is 2.19. The third-order valence-electron chi connectivity index (χ3n) is 4.10. The molecule has 0 unspecified atom stereocenters. The Labute approximate surface area is 143 Å². The summed E-state index contributed by atoms with van der Waals surface area (Å²) in [6.45, 7) is 6.99. The first-order chi connectivity index (χ1) is 11.5. The summed E-state index contributed by atoms with van der Waals surface area (Å²) in [5, 5.41) is 10.4. The van der Waals surface area contributed by atoms with Crippen molar-refractivity contribution in [2.75, 3.05) is 13.7 Å². The van der Waals surface area contributed by atoms with Crippen LogP contribution in [0.2, 0.25) is 0 Å². The van der Waals surface area contributed by atoms with E-state index in [1.54, 1.807) is 7.05 Å². The molecule has 2 atom stereocenters. The first kappa shape index (κ1) is 18.0. The minimum absolute atomic E-state index is 0.0199. The van der Waals surface area contributed by atoms with E-state index in [-0.39, 0.29) is 24.6 Å². The van der Waals surface area contributed by atoms with E-state index in [1.807, 2.05) is 48.3 Å². The number of hydrogen-bond acceptors (Lipinski definition) is 4. The highest BCUT2D eigenvalue weighted by atomic mass is 16.5. The van der Waals surface area contributed by atoms with Crippen LogP contribution in [0.15, 0.2) is 36.7 Å². The van der Waals surface area contributed by atoms with Gasteiger partial charge in [0.25, 0.3) is 5.91 Å². The van der Waals surface area contributed by atoms with Gasteiger partial charge in [0.05, 0.1) is 12.2 Å². The summed E-state index contributed by atoms with van der Waals surface area (Å²) in [7, 11) is 1.60. The standard InChI is InChI=1S/C18H26N4O2/c1-13-9-21-22(11-13)15(3)14(2)20-10-16-7-5-6-8-17(16)24-12-18(23)19-4/h5-9,11,14-15,20H,10,12H2,1-4H3,(H,19,23)/t14-,15-/m0/s1. The molecule has 0 aliphatic heterocycles. The second kappa shape index (κ2) is 8.49. The molecule has 0 aliphatic carbocycles. The number of amides is 1. The van der Waals surface area contributed by atoms with Crippen LogP contribution >= 0.6 is 0 Å². The molecule has 2 N–H and O–H groups in total. The Bertz CT molecular complexity index is 669. The number of carbonyl (C=O) groups is 1. The lowest BCUT2D eigenvalue weighted by Crippen LogP contribution is -2.33. The lowest BCUT2D eigenvalue weighted by molar-refractivity contribution is -0.122. The molecule has 1 amide bonds. The second-order valence-electron chi connectivity index (χ2n) is 5.98. The van der Waals surface area contributed by atoms with Crippen molar-refractivity contribution >= 4 is 5.91 Å². The number of aryl methyl sites for hydroxylation is 1. The minimum Gasteiger partial charge on any atom is -0.483 e. The van der Waals surface area contributed by atoms with Gasteiger partial charge in [0.15, 0.2) is 6.61 Å². The van der Waals surface area contributed by atoms with Crippen molar-refractivity contribution in [1.82, 2.24) is 20.4 Å². The number of benzene rings is 1. The van der Waals surface area contributed by atoms with Crippen LogP contribution in [-0.2, 0) is 11.3 Å². The number of carbonyl (C=O) groups excluding carboxylic acids is 1. The van der Waals surface area contributed by atoms with E-state index in [2.05, 4.69) is 29.6 Å². The molecular weight excluding hydrogens is 304 g/mol. The maximum atomic E-state index is 11.3. The monoisotopic (exact) mass is 330 g/mol. The van der Waals surface area contributed by atoms with Gasteiger partial charge in [-0.05, 0) is 32.4 Å². The topological polar surface area (TPSA) is 68.2 Å². The number of para-hydroxylation sites is 1. The quantitative estimate of drug-likeness (QED) is 0.777. The van der Waals surface area contributed by atoms with Gasteiger partial charge in [-0.1, -0.05) is 18.2 Å². The summed E-state index contributed by atoms with van der Waals surface area (Å²) >= 11 is 0. The molecule has 0 aliphatic rings. The Balaban J connectivity index is 1.94. The molecule has 0 spiro atoms. The van der Waals surface area contributed by atoms with Crippen LogP contribution in [0, 0.1) is 6.92 Å². The van der Waals surface area contributed by atoms with Crippen LogP contribution in [0.3, 0.4) is 0 Å². The van der Waals surface area contributed by atoms with Crippen molar-refractivity contribution < 1.29 is 9.53 Å². The van der Waals surface area contributed by atoms with E-state index in [9.17, 15) is 4.79 Å². The minimum atomic E-state index is -0.145. The summed E-state index contributed by atoms with van der Waals surface area (Å²) in [6, 6.07) is 8.22. The first-order valence-corrected chi connectivity index (χ1v) is 8.16. The summed E-state index contributed by atoms with van der Waals surface area (Å²) in [5.74, 6) is 0.581. The molecule has 0 saturated carbocycles. The Hall–Kier alpha value is -2.34. The molecular formula is C18H26N4O2. The fraction of sp³-hybridized carbons (Fsp3) is 0.444. The second-order valence-corrected chi connectivity index (χ2v) is 5.98. The predicted molar refractivity (Wildman–Crippen MR) is 94.0 cm³/mol. The van der Waals surface area contributed by atoms with Gasteiger partial charge in [0, 0.05) is 31.4 Å². The van der Waals surface area contributed by atoms with Crippen LogP contribution in [-0.4, -0.2) is 35.4 Å². The lowest BCUT2D eigenvalue weighted by Gasteiger charge is -2.22. The number of aromatic nitrogens is 2. The summed E-state index contributed by atoms with van der Waals surface area (Å²) in [5.41, 5.74) is 2.18. The highest BCUT2D eigenvalue weighted by Gasteiger charge is 2.15. The molecule has 1 heterocycles. The van der Waals surface area contributed by atoms with Crippen molar-refractivity contribution in [2.45, 2.75) is 39.4 Å². The normalized spacial score (nSPS) is 13.3. The molecule has 6 heteroatoms. The van der Waals surface area contributed by atoms with Crippen molar-refractivity contribution in [3.05, 3.63) is 47.8 Å². The third-order valence-corrected chi connectivity index (χ3v) is 4.10. The van der Waals surface area contributed by atoms with E-state index in [4.69, 9.17) is 4.74 Å². The molecule has 1 aromatic heterocycles. The zero-order valence-electron chi connectivity index (χ0n) is 14.7. The van der Waals surface area contributed by atoms with Gasteiger partial charge in [-0.2, -0.15) is 5.10 Å². The number of hydrogen-bond donors (Lipinski definition) is 2. The van der Waals surface area contributed by atoms with Crippen LogP contribution in [0.25, 0.3) is 0 Å². The van der Waals surface area contributed by atoms with E-state index in [1.165, 1.54) is 0 Å². The molecule has 2 rings (SSSR count).